The van der Waals surface area contributed by atoms with Crippen molar-refractivity contribution in [3.05, 3.63) is 24.3 Å². The van der Waals surface area contributed by atoms with E-state index in [-0.39, 0.29) is 18.5 Å². The molecule has 0 saturated heterocycles. The molecule has 0 spiro atoms. The van der Waals surface area contributed by atoms with E-state index in [4.69, 9.17) is 4.74 Å². The molecule has 0 heterocycles. The molecular weight excluding hydrogens is 1110 g/mol. The number of hydrogen-bond donors (Lipinski definition) is 3. The van der Waals surface area contributed by atoms with E-state index < -0.39 is 12.1 Å². The van der Waals surface area contributed by atoms with Crippen LogP contribution in [0.4, 0.5) is 0 Å². The Hall–Kier alpha value is -1.66. The van der Waals surface area contributed by atoms with E-state index in [0.29, 0.717) is 19.4 Å². The largest absolute Gasteiger partial charge is 0.466 e. The van der Waals surface area contributed by atoms with Crippen LogP contribution in [0.25, 0.3) is 0 Å². The second-order valence-corrected chi connectivity index (χ2v) is 29.2. The molecule has 6 nitrogen and oxygen atoms in total. The van der Waals surface area contributed by atoms with Crippen molar-refractivity contribution >= 4 is 11.9 Å². The fourth-order valence-electron chi connectivity index (χ4n) is 13.6. The number of nitrogens with one attached hydrogen (secondary N) is 1. The van der Waals surface area contributed by atoms with Crippen molar-refractivity contribution in [2.45, 2.75) is 495 Å². The lowest BCUT2D eigenvalue weighted by atomic mass is 10.0. The Bertz CT molecular complexity index is 1430. The number of aliphatic hydroxyl groups is 2. The highest BCUT2D eigenvalue weighted by atomic mass is 16.5. The number of carbonyl (C=O) groups is 2. The van der Waals surface area contributed by atoms with Crippen molar-refractivity contribution in [3.8, 4) is 0 Å². The third-order valence-electron chi connectivity index (χ3n) is 20.0. The Morgan fingerprint density at radius 2 is 0.516 bits per heavy atom. The van der Waals surface area contributed by atoms with Crippen LogP contribution in [0, 0.1) is 0 Å². The average molecular weight is 1280 g/mol. The lowest BCUT2D eigenvalue weighted by Gasteiger charge is -2.20. The quantitative estimate of drug-likeness (QED) is 0.0320. The molecule has 0 aromatic heterocycles. The first-order chi connectivity index (χ1) is 45.0. The summed E-state index contributed by atoms with van der Waals surface area (Å²) in [5, 5.41) is 23.3. The summed E-state index contributed by atoms with van der Waals surface area (Å²) in [6, 6.07) is -0.625. The number of carbonyl (C=O) groups excluding carboxylic acids is 2. The molecule has 0 aromatic carbocycles. The number of unbranched alkanes of at least 4 members (excludes halogenated alkanes) is 67. The van der Waals surface area contributed by atoms with Gasteiger partial charge in [-0.1, -0.05) is 436 Å². The number of amides is 1. The van der Waals surface area contributed by atoms with Gasteiger partial charge in [-0.15, -0.1) is 0 Å². The number of ether oxygens (including phenoxy) is 1. The minimum absolute atomic E-state index is 0.0202. The van der Waals surface area contributed by atoms with Crippen LogP contribution in [-0.4, -0.2) is 47.4 Å². The van der Waals surface area contributed by atoms with Gasteiger partial charge in [-0.25, -0.2) is 0 Å². The summed E-state index contributed by atoms with van der Waals surface area (Å²) in [7, 11) is 0. The number of aliphatic hydroxyl groups excluding tert-OH is 2. The number of rotatable bonds is 80. The van der Waals surface area contributed by atoms with Crippen molar-refractivity contribution in [1.29, 1.82) is 0 Å². The SMILES string of the molecule is CCCCCCCC/C=C\CCCCCCCCCC(=O)OCCCCCCCCCCCCCCCCCCCCCCCCCCCCCCCCCCCCCC(=O)NC(CO)C(O)/C=C/CCCCCCCCCCCCCCCCCCCCCC. The van der Waals surface area contributed by atoms with Gasteiger partial charge in [0, 0.05) is 12.8 Å². The van der Waals surface area contributed by atoms with E-state index in [0.717, 1.165) is 38.5 Å². The third-order valence-corrected chi connectivity index (χ3v) is 20.0. The normalized spacial score (nSPS) is 12.5. The highest BCUT2D eigenvalue weighted by Gasteiger charge is 2.18. The summed E-state index contributed by atoms with van der Waals surface area (Å²) in [5.74, 6) is -0.0371. The van der Waals surface area contributed by atoms with Gasteiger partial charge in [0.1, 0.15) is 0 Å². The molecule has 0 saturated carbocycles. The van der Waals surface area contributed by atoms with Crippen molar-refractivity contribution in [3.63, 3.8) is 0 Å². The third kappa shape index (κ3) is 77.2. The topological polar surface area (TPSA) is 95.9 Å². The molecule has 2 atom stereocenters. The fourth-order valence-corrected chi connectivity index (χ4v) is 13.6. The Balaban J connectivity index is 3.33. The Morgan fingerprint density at radius 1 is 0.297 bits per heavy atom. The van der Waals surface area contributed by atoms with Crippen LogP contribution < -0.4 is 5.32 Å². The Kier molecular flexibility index (Phi) is 79.3. The van der Waals surface area contributed by atoms with Gasteiger partial charge in [-0.05, 0) is 57.8 Å². The number of esters is 1. The van der Waals surface area contributed by atoms with Gasteiger partial charge in [0.2, 0.25) is 5.91 Å². The van der Waals surface area contributed by atoms with Crippen LogP contribution in [0.2, 0.25) is 0 Å². The molecular formula is C85H165NO5. The summed E-state index contributed by atoms with van der Waals surface area (Å²) < 4.78 is 5.51. The Labute approximate surface area is 571 Å². The van der Waals surface area contributed by atoms with E-state index in [1.54, 1.807) is 6.08 Å². The van der Waals surface area contributed by atoms with Crippen LogP contribution in [0.1, 0.15) is 483 Å². The number of allylic oxidation sites excluding steroid dienone is 3. The predicted molar refractivity (Wildman–Crippen MR) is 403 cm³/mol. The van der Waals surface area contributed by atoms with Crippen molar-refractivity contribution in [2.24, 2.45) is 0 Å². The van der Waals surface area contributed by atoms with Gasteiger partial charge in [-0.3, -0.25) is 9.59 Å². The summed E-state index contributed by atoms with van der Waals surface area (Å²) in [4.78, 5) is 24.7. The monoisotopic (exact) mass is 1280 g/mol. The molecule has 0 aliphatic carbocycles. The van der Waals surface area contributed by atoms with Crippen LogP contribution in [0.15, 0.2) is 24.3 Å². The summed E-state index contributed by atoms with van der Waals surface area (Å²) >= 11 is 0. The van der Waals surface area contributed by atoms with E-state index in [9.17, 15) is 19.8 Å². The molecule has 0 bridgehead atoms. The lowest BCUT2D eigenvalue weighted by Crippen LogP contribution is -2.45. The molecule has 0 radical (unpaired) electrons. The van der Waals surface area contributed by atoms with E-state index >= 15 is 0 Å². The molecule has 0 rings (SSSR count). The first kappa shape index (κ1) is 89.3. The van der Waals surface area contributed by atoms with E-state index in [2.05, 4.69) is 31.3 Å². The van der Waals surface area contributed by atoms with E-state index in [1.807, 2.05) is 6.08 Å². The van der Waals surface area contributed by atoms with Crippen LogP contribution in [-0.2, 0) is 14.3 Å². The van der Waals surface area contributed by atoms with Gasteiger partial charge in [-0.2, -0.15) is 0 Å². The molecule has 0 fully saturated rings. The molecule has 91 heavy (non-hydrogen) atoms. The van der Waals surface area contributed by atoms with Gasteiger partial charge < -0.3 is 20.3 Å². The van der Waals surface area contributed by atoms with Gasteiger partial charge in [0.25, 0.3) is 0 Å². The number of hydrogen-bond acceptors (Lipinski definition) is 5. The smallest absolute Gasteiger partial charge is 0.305 e. The zero-order chi connectivity index (χ0) is 65.6. The van der Waals surface area contributed by atoms with Crippen molar-refractivity contribution < 1.29 is 24.5 Å². The minimum Gasteiger partial charge on any atom is -0.466 e. The molecule has 6 heteroatoms. The molecule has 0 aliphatic heterocycles. The summed E-state index contributed by atoms with van der Waals surface area (Å²) in [6.45, 7) is 4.96. The first-order valence-corrected chi connectivity index (χ1v) is 42.1. The van der Waals surface area contributed by atoms with Gasteiger partial charge in [0.05, 0.1) is 25.4 Å². The second-order valence-electron chi connectivity index (χ2n) is 29.2. The van der Waals surface area contributed by atoms with Gasteiger partial charge >= 0.3 is 5.97 Å². The van der Waals surface area contributed by atoms with Crippen molar-refractivity contribution in [2.75, 3.05) is 13.2 Å². The standard InChI is InChI=1S/C85H165NO5/c1-3-5-7-9-11-13-15-17-19-21-22-23-39-42-46-49-53-57-61-65-69-73-77-83(88)82(81-87)86-84(89)78-74-70-66-62-58-54-50-47-43-40-37-35-33-31-29-27-25-24-26-28-30-32-34-36-38-41-44-48-52-56-60-64-68-72-76-80-91-85(90)79-75-71-67-63-59-55-51-45-20-18-16-14-12-10-8-6-4-2/h18,20,73,77,82-83,87-88H,3-17,19,21-72,74-76,78-81H2,1-2H3,(H,86,89)/b20-18-,77-73+. The minimum atomic E-state index is -0.842. The van der Waals surface area contributed by atoms with Crippen molar-refractivity contribution in [1.82, 2.24) is 5.32 Å². The molecule has 1 amide bonds. The highest BCUT2D eigenvalue weighted by Crippen LogP contribution is 2.21. The summed E-state index contributed by atoms with van der Waals surface area (Å²) in [5.41, 5.74) is 0. The molecule has 0 aliphatic rings. The zero-order valence-electron chi connectivity index (χ0n) is 62.1. The molecule has 3 N–H and O–H groups in total. The maximum absolute atomic E-state index is 12.6. The average Bonchev–Trinajstić information content (AvgIpc) is 3.59. The van der Waals surface area contributed by atoms with Crippen LogP contribution in [0.5, 0.6) is 0 Å². The lowest BCUT2D eigenvalue weighted by molar-refractivity contribution is -0.143. The van der Waals surface area contributed by atoms with E-state index in [1.165, 1.54) is 417 Å². The predicted octanol–water partition coefficient (Wildman–Crippen LogP) is 28.0. The zero-order valence-corrected chi connectivity index (χ0v) is 62.1. The second kappa shape index (κ2) is 80.8. The Morgan fingerprint density at radius 3 is 0.780 bits per heavy atom. The summed E-state index contributed by atoms with van der Waals surface area (Å²) in [6.07, 6.45) is 105. The fraction of sp³-hybridized carbons (Fsp3) is 0.929. The maximum Gasteiger partial charge on any atom is 0.305 e. The molecule has 2 unspecified atom stereocenters. The maximum atomic E-state index is 12.6. The van der Waals surface area contributed by atoms with Crippen LogP contribution >= 0.6 is 0 Å². The van der Waals surface area contributed by atoms with Crippen LogP contribution in [0.3, 0.4) is 0 Å². The molecule has 540 valence electrons. The molecule has 0 aromatic rings. The first-order valence-electron chi connectivity index (χ1n) is 42.1. The van der Waals surface area contributed by atoms with Gasteiger partial charge in [0.15, 0.2) is 0 Å². The highest BCUT2D eigenvalue weighted by molar-refractivity contribution is 5.76.